The molecule has 1 aromatic rings. The van der Waals surface area contributed by atoms with Crippen molar-refractivity contribution in [3.63, 3.8) is 0 Å². The van der Waals surface area contributed by atoms with Crippen molar-refractivity contribution in [3.8, 4) is 0 Å². The molecule has 1 aromatic heterocycles. The Morgan fingerprint density at radius 2 is 2.25 bits per heavy atom. The van der Waals surface area contributed by atoms with Crippen molar-refractivity contribution < 1.29 is 4.79 Å². The van der Waals surface area contributed by atoms with Crippen molar-refractivity contribution >= 4 is 34.1 Å². The van der Waals surface area contributed by atoms with Crippen LogP contribution in [0.15, 0.2) is 17.0 Å². The number of hydrogen-bond acceptors (Lipinski definition) is 5. The van der Waals surface area contributed by atoms with Crippen molar-refractivity contribution in [2.24, 2.45) is 5.41 Å². The minimum Gasteiger partial charge on any atom is -0.300 e. The lowest BCUT2D eigenvalue weighted by Crippen LogP contribution is -2.27. The molecule has 0 bridgehead atoms. The van der Waals surface area contributed by atoms with Gasteiger partial charge in [0.2, 0.25) is 11.0 Å². The summed E-state index contributed by atoms with van der Waals surface area (Å²) in [6.07, 6.45) is 1.81. The van der Waals surface area contributed by atoms with Gasteiger partial charge in [0.25, 0.3) is 0 Å². The van der Waals surface area contributed by atoms with Gasteiger partial charge in [-0.1, -0.05) is 49.9 Å². The van der Waals surface area contributed by atoms with Gasteiger partial charge in [-0.3, -0.25) is 4.79 Å². The van der Waals surface area contributed by atoms with Gasteiger partial charge in [0.1, 0.15) is 0 Å². The Balaban J connectivity index is 2.58. The molecule has 0 radical (unpaired) electrons. The lowest BCUT2D eigenvalue weighted by atomic mass is 9.96. The molecular weight excluding hydrogens is 242 g/mol. The molecule has 0 unspecified atom stereocenters. The second kappa shape index (κ2) is 5.45. The molecule has 0 aromatic carbocycles. The van der Waals surface area contributed by atoms with E-state index in [4.69, 9.17) is 0 Å². The van der Waals surface area contributed by atoms with Gasteiger partial charge in [-0.2, -0.15) is 0 Å². The highest BCUT2D eigenvalue weighted by Crippen LogP contribution is 2.26. The first-order valence-corrected chi connectivity index (χ1v) is 6.62. The first-order chi connectivity index (χ1) is 7.43. The molecule has 1 amide bonds. The lowest BCUT2D eigenvalue weighted by molar-refractivity contribution is -0.123. The summed E-state index contributed by atoms with van der Waals surface area (Å²) in [5.41, 5.74) is -0.417. The number of hydrogen-bond donors (Lipinski definition) is 1. The van der Waals surface area contributed by atoms with Gasteiger partial charge in [-0.05, 0) is 0 Å². The number of nitrogens with zero attached hydrogens (tertiary/aromatic N) is 2. The van der Waals surface area contributed by atoms with E-state index in [0.29, 0.717) is 5.13 Å². The summed E-state index contributed by atoms with van der Waals surface area (Å²) in [6, 6.07) is 0. The average molecular weight is 257 g/mol. The molecule has 6 heteroatoms. The van der Waals surface area contributed by atoms with E-state index < -0.39 is 5.41 Å². The summed E-state index contributed by atoms with van der Waals surface area (Å²) >= 11 is 2.93. The van der Waals surface area contributed by atoms with E-state index in [1.165, 1.54) is 11.3 Å². The number of aromatic nitrogens is 2. The third-order valence-electron chi connectivity index (χ3n) is 1.63. The van der Waals surface area contributed by atoms with Crippen LogP contribution in [0.25, 0.3) is 0 Å². The molecule has 0 aliphatic heterocycles. The van der Waals surface area contributed by atoms with Gasteiger partial charge in [0.15, 0.2) is 4.34 Å². The fourth-order valence-electron chi connectivity index (χ4n) is 0.733. The molecule has 0 fully saturated rings. The van der Waals surface area contributed by atoms with E-state index in [1.54, 1.807) is 17.8 Å². The molecule has 1 rings (SSSR count). The number of carbonyl (C=O) groups excluding carboxylic acids is 1. The predicted octanol–water partition coefficient (Wildman–Crippen LogP) is 2.80. The van der Waals surface area contributed by atoms with Crippen molar-refractivity contribution in [2.75, 3.05) is 11.1 Å². The fraction of sp³-hybridized carbons (Fsp3) is 0.500. The molecule has 0 saturated heterocycles. The predicted molar refractivity (Wildman–Crippen MR) is 68.9 cm³/mol. The van der Waals surface area contributed by atoms with Crippen molar-refractivity contribution in [2.45, 2.75) is 25.1 Å². The molecule has 16 heavy (non-hydrogen) atoms. The van der Waals surface area contributed by atoms with Crippen molar-refractivity contribution in [3.05, 3.63) is 12.7 Å². The van der Waals surface area contributed by atoms with Gasteiger partial charge in [0, 0.05) is 11.2 Å². The van der Waals surface area contributed by atoms with Crippen LogP contribution in [0.3, 0.4) is 0 Å². The standard InChI is InChI=1S/C10H15N3OS2/c1-5-6-15-9-13-12-8(16-9)11-7(14)10(2,3)4/h5H,1,6H2,2-4H3,(H,11,12,14). The van der Waals surface area contributed by atoms with Crippen LogP contribution in [0.2, 0.25) is 0 Å². The molecule has 88 valence electrons. The maximum atomic E-state index is 11.7. The monoisotopic (exact) mass is 257 g/mol. The van der Waals surface area contributed by atoms with Crippen LogP contribution in [0.1, 0.15) is 20.8 Å². The number of anilines is 1. The number of rotatable bonds is 4. The first-order valence-electron chi connectivity index (χ1n) is 4.82. The highest BCUT2D eigenvalue weighted by atomic mass is 32.2. The molecule has 4 nitrogen and oxygen atoms in total. The highest BCUT2D eigenvalue weighted by molar-refractivity contribution is 8.01. The Morgan fingerprint density at radius 3 is 2.81 bits per heavy atom. The van der Waals surface area contributed by atoms with Gasteiger partial charge in [-0.15, -0.1) is 16.8 Å². The van der Waals surface area contributed by atoms with E-state index in [-0.39, 0.29) is 5.91 Å². The molecular formula is C10H15N3OS2. The zero-order valence-electron chi connectivity index (χ0n) is 9.61. The van der Waals surface area contributed by atoms with Crippen LogP contribution >= 0.6 is 23.1 Å². The third kappa shape index (κ3) is 3.94. The van der Waals surface area contributed by atoms with Crippen LogP contribution < -0.4 is 5.32 Å². The Hall–Kier alpha value is -0.880. The van der Waals surface area contributed by atoms with Crippen molar-refractivity contribution in [1.82, 2.24) is 10.2 Å². The van der Waals surface area contributed by atoms with Crippen molar-refractivity contribution in [1.29, 1.82) is 0 Å². The average Bonchev–Trinajstić information content (AvgIpc) is 2.61. The Morgan fingerprint density at radius 1 is 1.56 bits per heavy atom. The van der Waals surface area contributed by atoms with Gasteiger partial charge < -0.3 is 5.32 Å². The quantitative estimate of drug-likeness (QED) is 0.512. The summed E-state index contributed by atoms with van der Waals surface area (Å²) in [7, 11) is 0. The van der Waals surface area contributed by atoms with E-state index in [1.807, 2.05) is 20.8 Å². The van der Waals surface area contributed by atoms with E-state index >= 15 is 0 Å². The molecule has 0 spiro atoms. The van der Waals surface area contributed by atoms with Crippen LogP contribution in [-0.4, -0.2) is 21.9 Å². The molecule has 0 aliphatic rings. The zero-order valence-corrected chi connectivity index (χ0v) is 11.2. The minimum atomic E-state index is -0.417. The number of amides is 1. The molecule has 0 saturated carbocycles. The summed E-state index contributed by atoms with van der Waals surface area (Å²) in [4.78, 5) is 11.7. The topological polar surface area (TPSA) is 54.9 Å². The molecule has 1 heterocycles. The largest absolute Gasteiger partial charge is 0.300 e. The maximum absolute atomic E-state index is 11.7. The molecule has 0 atom stereocenters. The second-order valence-corrected chi connectivity index (χ2v) is 6.42. The Bertz CT molecular complexity index is 382. The van der Waals surface area contributed by atoms with Gasteiger partial charge >= 0.3 is 0 Å². The fourth-order valence-corrected chi connectivity index (χ4v) is 2.24. The van der Waals surface area contributed by atoms with Crippen LogP contribution in [-0.2, 0) is 4.79 Å². The Kier molecular flexibility index (Phi) is 4.49. The van der Waals surface area contributed by atoms with Gasteiger partial charge in [-0.25, -0.2) is 0 Å². The zero-order chi connectivity index (χ0) is 12.2. The van der Waals surface area contributed by atoms with E-state index in [0.717, 1.165) is 10.1 Å². The Labute approximate surface area is 104 Å². The smallest absolute Gasteiger partial charge is 0.231 e. The van der Waals surface area contributed by atoms with Crippen LogP contribution in [0.4, 0.5) is 5.13 Å². The van der Waals surface area contributed by atoms with Gasteiger partial charge in [0.05, 0.1) is 0 Å². The summed E-state index contributed by atoms with van der Waals surface area (Å²) in [6.45, 7) is 9.20. The summed E-state index contributed by atoms with van der Waals surface area (Å²) < 4.78 is 0.837. The second-order valence-electron chi connectivity index (χ2n) is 4.18. The van der Waals surface area contributed by atoms with E-state index in [2.05, 4.69) is 22.1 Å². The van der Waals surface area contributed by atoms with Crippen LogP contribution in [0, 0.1) is 5.41 Å². The molecule has 1 N–H and O–H groups in total. The highest BCUT2D eigenvalue weighted by Gasteiger charge is 2.22. The van der Waals surface area contributed by atoms with E-state index in [9.17, 15) is 4.79 Å². The number of thioether (sulfide) groups is 1. The summed E-state index contributed by atoms with van der Waals surface area (Å²) in [5.74, 6) is 0.742. The minimum absolute atomic E-state index is 0.0519. The first kappa shape index (κ1) is 13.2. The van der Waals surface area contributed by atoms with Crippen LogP contribution in [0.5, 0.6) is 0 Å². The molecule has 0 aliphatic carbocycles. The lowest BCUT2D eigenvalue weighted by Gasteiger charge is -2.15. The summed E-state index contributed by atoms with van der Waals surface area (Å²) in [5, 5.41) is 11.2. The number of carbonyl (C=O) groups is 1. The normalized spacial score (nSPS) is 11.2. The number of nitrogens with one attached hydrogen (secondary N) is 1. The SMILES string of the molecule is C=CCSc1nnc(NC(=O)C(C)(C)C)s1. The third-order valence-corrected chi connectivity index (χ3v) is 3.60. The maximum Gasteiger partial charge on any atom is 0.231 e.